The van der Waals surface area contributed by atoms with Gasteiger partial charge in [-0.1, -0.05) is 45.7 Å². The molecule has 1 fully saturated rings. The Kier molecular flexibility index (Phi) is 3.91. The normalized spacial score (nSPS) is 18.6. The molecule has 0 bridgehead atoms. The molecule has 0 heterocycles. The van der Waals surface area contributed by atoms with Gasteiger partial charge in [-0.05, 0) is 35.4 Å². The van der Waals surface area contributed by atoms with Gasteiger partial charge in [0.15, 0.2) is 0 Å². The van der Waals surface area contributed by atoms with Crippen molar-refractivity contribution in [3.8, 4) is 5.75 Å². The number of rotatable bonds is 3. The van der Waals surface area contributed by atoms with Crippen LogP contribution >= 0.6 is 0 Å². The second kappa shape index (κ2) is 5.16. The fraction of sp³-hybridized carbons (Fsp3) is 0.647. The third-order valence-electron chi connectivity index (χ3n) is 4.57. The summed E-state index contributed by atoms with van der Waals surface area (Å²) in [5, 5.41) is 0. The Morgan fingerprint density at radius 1 is 1.21 bits per heavy atom. The van der Waals surface area contributed by atoms with E-state index in [2.05, 4.69) is 39.0 Å². The SMILES string of the molecule is COc1ccc(C2(CN)CCCC2)cc1C(C)(C)C. The molecule has 2 rings (SSSR count). The summed E-state index contributed by atoms with van der Waals surface area (Å²) in [6.45, 7) is 7.46. The maximum absolute atomic E-state index is 6.10. The van der Waals surface area contributed by atoms with Crippen molar-refractivity contribution in [3.63, 3.8) is 0 Å². The summed E-state index contributed by atoms with van der Waals surface area (Å²) in [5.41, 5.74) is 9.08. The smallest absolute Gasteiger partial charge is 0.122 e. The lowest BCUT2D eigenvalue weighted by Gasteiger charge is -2.31. The maximum Gasteiger partial charge on any atom is 0.122 e. The van der Waals surface area contributed by atoms with Crippen LogP contribution in [0.2, 0.25) is 0 Å². The first-order valence-electron chi connectivity index (χ1n) is 7.32. The van der Waals surface area contributed by atoms with Crippen molar-refractivity contribution in [2.45, 2.75) is 57.3 Å². The van der Waals surface area contributed by atoms with Crippen LogP contribution in [0.3, 0.4) is 0 Å². The standard InChI is InChI=1S/C17H27NO/c1-16(2,3)14-11-13(7-8-15(14)19-4)17(12-18)9-5-6-10-17/h7-8,11H,5-6,9-10,12,18H2,1-4H3. The minimum Gasteiger partial charge on any atom is -0.496 e. The largest absolute Gasteiger partial charge is 0.496 e. The van der Waals surface area contributed by atoms with Crippen LogP contribution in [0.1, 0.15) is 57.6 Å². The van der Waals surface area contributed by atoms with Gasteiger partial charge in [0.2, 0.25) is 0 Å². The van der Waals surface area contributed by atoms with Crippen LogP contribution in [-0.4, -0.2) is 13.7 Å². The van der Waals surface area contributed by atoms with Gasteiger partial charge in [0.1, 0.15) is 5.75 Å². The second-order valence-electron chi connectivity index (χ2n) is 6.86. The van der Waals surface area contributed by atoms with E-state index < -0.39 is 0 Å². The molecule has 2 heteroatoms. The van der Waals surface area contributed by atoms with Gasteiger partial charge in [-0.15, -0.1) is 0 Å². The number of hydrogen-bond donors (Lipinski definition) is 1. The summed E-state index contributed by atoms with van der Waals surface area (Å²) in [7, 11) is 1.75. The van der Waals surface area contributed by atoms with Crippen LogP contribution in [0, 0.1) is 0 Å². The van der Waals surface area contributed by atoms with E-state index in [0.717, 1.165) is 12.3 Å². The van der Waals surface area contributed by atoms with Crippen molar-refractivity contribution in [1.29, 1.82) is 0 Å². The first kappa shape index (κ1) is 14.4. The van der Waals surface area contributed by atoms with E-state index in [1.807, 2.05) is 0 Å². The predicted molar refractivity (Wildman–Crippen MR) is 80.9 cm³/mol. The summed E-state index contributed by atoms with van der Waals surface area (Å²) in [4.78, 5) is 0. The van der Waals surface area contributed by atoms with E-state index in [0.29, 0.717) is 0 Å². The minimum atomic E-state index is 0.0930. The van der Waals surface area contributed by atoms with Crippen LogP contribution in [0.15, 0.2) is 18.2 Å². The highest BCUT2D eigenvalue weighted by Gasteiger charge is 2.35. The maximum atomic E-state index is 6.10. The van der Waals surface area contributed by atoms with Crippen LogP contribution in [0.25, 0.3) is 0 Å². The van der Waals surface area contributed by atoms with E-state index >= 15 is 0 Å². The molecule has 0 aliphatic heterocycles. The van der Waals surface area contributed by atoms with E-state index in [1.165, 1.54) is 36.8 Å². The first-order valence-corrected chi connectivity index (χ1v) is 7.32. The van der Waals surface area contributed by atoms with Crippen molar-refractivity contribution in [2.75, 3.05) is 13.7 Å². The summed E-state index contributed by atoms with van der Waals surface area (Å²) >= 11 is 0. The molecule has 1 aromatic carbocycles. The molecule has 1 aliphatic rings. The van der Waals surface area contributed by atoms with Gasteiger partial charge in [0.05, 0.1) is 7.11 Å². The van der Waals surface area contributed by atoms with Gasteiger partial charge < -0.3 is 10.5 Å². The van der Waals surface area contributed by atoms with E-state index in [-0.39, 0.29) is 10.8 Å². The van der Waals surface area contributed by atoms with Crippen LogP contribution in [0.5, 0.6) is 5.75 Å². The van der Waals surface area contributed by atoms with Crippen LogP contribution in [-0.2, 0) is 10.8 Å². The zero-order chi connectivity index (χ0) is 14.1. The quantitative estimate of drug-likeness (QED) is 0.899. The molecule has 1 aromatic rings. The molecule has 106 valence electrons. The lowest BCUT2D eigenvalue weighted by Crippen LogP contribution is -2.32. The number of methoxy groups -OCH3 is 1. The van der Waals surface area contributed by atoms with Crippen LogP contribution in [0.4, 0.5) is 0 Å². The average molecular weight is 261 g/mol. The van der Waals surface area contributed by atoms with Gasteiger partial charge in [-0.2, -0.15) is 0 Å². The Balaban J connectivity index is 2.48. The summed E-state index contributed by atoms with van der Waals surface area (Å²) < 4.78 is 5.52. The third kappa shape index (κ3) is 2.64. The van der Waals surface area contributed by atoms with Crippen molar-refractivity contribution in [1.82, 2.24) is 0 Å². The van der Waals surface area contributed by atoms with E-state index in [9.17, 15) is 0 Å². The van der Waals surface area contributed by atoms with Gasteiger partial charge in [0, 0.05) is 12.0 Å². The Bertz CT molecular complexity index is 439. The van der Waals surface area contributed by atoms with Gasteiger partial charge >= 0.3 is 0 Å². The van der Waals surface area contributed by atoms with Crippen molar-refractivity contribution < 1.29 is 4.74 Å². The summed E-state index contributed by atoms with van der Waals surface area (Å²) in [5.74, 6) is 0.987. The molecule has 0 saturated heterocycles. The molecule has 1 saturated carbocycles. The van der Waals surface area contributed by atoms with Gasteiger partial charge in [-0.25, -0.2) is 0 Å². The molecular formula is C17H27NO. The van der Waals surface area contributed by atoms with Crippen molar-refractivity contribution >= 4 is 0 Å². The fourth-order valence-electron chi connectivity index (χ4n) is 3.29. The number of benzene rings is 1. The predicted octanol–water partition coefficient (Wildman–Crippen LogP) is 3.76. The van der Waals surface area contributed by atoms with E-state index in [4.69, 9.17) is 10.5 Å². The number of hydrogen-bond acceptors (Lipinski definition) is 2. The molecule has 1 aliphatic carbocycles. The van der Waals surface area contributed by atoms with Crippen LogP contribution < -0.4 is 10.5 Å². The lowest BCUT2D eigenvalue weighted by molar-refractivity contribution is 0.394. The molecule has 0 aromatic heterocycles. The molecule has 0 unspecified atom stereocenters. The molecule has 0 spiro atoms. The molecule has 2 nitrogen and oxygen atoms in total. The highest BCUT2D eigenvalue weighted by Crippen LogP contribution is 2.43. The first-order chi connectivity index (χ1) is 8.93. The average Bonchev–Trinajstić information content (AvgIpc) is 2.87. The Morgan fingerprint density at radius 2 is 1.84 bits per heavy atom. The Labute approximate surface area is 117 Å². The molecule has 0 radical (unpaired) electrons. The topological polar surface area (TPSA) is 35.2 Å². The molecule has 0 amide bonds. The number of ether oxygens (including phenoxy) is 1. The fourth-order valence-corrected chi connectivity index (χ4v) is 3.29. The van der Waals surface area contributed by atoms with Gasteiger partial charge in [-0.3, -0.25) is 0 Å². The number of nitrogens with two attached hydrogens (primary N) is 1. The van der Waals surface area contributed by atoms with E-state index in [1.54, 1.807) is 7.11 Å². The monoisotopic (exact) mass is 261 g/mol. The van der Waals surface area contributed by atoms with Gasteiger partial charge in [0.25, 0.3) is 0 Å². The highest BCUT2D eigenvalue weighted by atomic mass is 16.5. The molecule has 19 heavy (non-hydrogen) atoms. The molecule has 2 N–H and O–H groups in total. The third-order valence-corrected chi connectivity index (χ3v) is 4.57. The molecular weight excluding hydrogens is 234 g/mol. The minimum absolute atomic E-state index is 0.0930. The highest BCUT2D eigenvalue weighted by molar-refractivity contribution is 5.44. The zero-order valence-corrected chi connectivity index (χ0v) is 12.8. The van der Waals surface area contributed by atoms with Crippen molar-refractivity contribution in [2.24, 2.45) is 5.73 Å². The lowest BCUT2D eigenvalue weighted by atomic mass is 9.76. The summed E-state index contributed by atoms with van der Waals surface area (Å²) in [6, 6.07) is 6.66. The Morgan fingerprint density at radius 3 is 2.32 bits per heavy atom. The second-order valence-corrected chi connectivity index (χ2v) is 6.86. The zero-order valence-electron chi connectivity index (χ0n) is 12.8. The Hall–Kier alpha value is -1.02. The molecule has 0 atom stereocenters. The van der Waals surface area contributed by atoms with Crippen molar-refractivity contribution in [3.05, 3.63) is 29.3 Å². The summed E-state index contributed by atoms with van der Waals surface area (Å²) in [6.07, 6.45) is 5.04.